The van der Waals surface area contributed by atoms with Crippen molar-refractivity contribution in [1.29, 1.82) is 0 Å². The third-order valence-corrected chi connectivity index (χ3v) is 4.62. The highest BCUT2D eigenvalue weighted by Gasteiger charge is 2.23. The van der Waals surface area contributed by atoms with Gasteiger partial charge in [0.2, 0.25) is 0 Å². The van der Waals surface area contributed by atoms with E-state index in [4.69, 9.17) is 0 Å². The molecular formula is C14H23N3S. The first kappa shape index (κ1) is 13.7. The number of hydrogen-bond acceptors (Lipinski definition) is 4. The van der Waals surface area contributed by atoms with Gasteiger partial charge in [-0.15, -0.1) is 0 Å². The number of aromatic nitrogens is 1. The maximum atomic E-state index is 4.63. The molecule has 0 spiro atoms. The summed E-state index contributed by atoms with van der Waals surface area (Å²) in [6, 6.07) is 5.17. The van der Waals surface area contributed by atoms with Crippen LogP contribution in [0, 0.1) is 0 Å². The summed E-state index contributed by atoms with van der Waals surface area (Å²) in [4.78, 5) is 7.09. The Morgan fingerprint density at radius 2 is 2.44 bits per heavy atom. The fourth-order valence-electron chi connectivity index (χ4n) is 2.45. The predicted octanol–water partition coefficient (Wildman–Crippen LogP) is 2.69. The first-order valence-electron chi connectivity index (χ1n) is 6.76. The normalized spacial score (nSPS) is 21.9. The molecule has 0 amide bonds. The molecule has 4 heteroatoms. The number of rotatable bonds is 4. The van der Waals surface area contributed by atoms with Crippen LogP contribution >= 0.6 is 11.8 Å². The Kier molecular flexibility index (Phi) is 4.89. The van der Waals surface area contributed by atoms with E-state index in [-0.39, 0.29) is 0 Å². The van der Waals surface area contributed by atoms with E-state index in [1.54, 1.807) is 0 Å². The van der Waals surface area contributed by atoms with Gasteiger partial charge in [-0.2, -0.15) is 11.8 Å². The van der Waals surface area contributed by atoms with Gasteiger partial charge in [-0.1, -0.05) is 13.0 Å². The van der Waals surface area contributed by atoms with E-state index in [0.717, 1.165) is 13.1 Å². The molecule has 0 radical (unpaired) electrons. The van der Waals surface area contributed by atoms with E-state index in [1.807, 2.05) is 24.0 Å². The molecular weight excluding hydrogens is 242 g/mol. The maximum Gasteiger partial charge on any atom is 0.133 e. The second kappa shape index (κ2) is 6.43. The lowest BCUT2D eigenvalue weighted by Crippen LogP contribution is -2.41. The van der Waals surface area contributed by atoms with Gasteiger partial charge >= 0.3 is 0 Å². The standard InChI is InChI=1S/C14H23N3S/c1-4-15-12(3)13-6-5-7-16-14(13)17-8-9-18-10-11(17)2/h5-7,11-12,15H,4,8-10H2,1-3H3. The van der Waals surface area contributed by atoms with Crippen LogP contribution < -0.4 is 10.2 Å². The Morgan fingerprint density at radius 3 is 3.17 bits per heavy atom. The Morgan fingerprint density at radius 1 is 1.61 bits per heavy atom. The fourth-order valence-corrected chi connectivity index (χ4v) is 3.46. The van der Waals surface area contributed by atoms with Crippen LogP contribution in [0.1, 0.15) is 32.4 Å². The predicted molar refractivity (Wildman–Crippen MR) is 80.5 cm³/mol. The lowest BCUT2D eigenvalue weighted by molar-refractivity contribution is 0.588. The number of nitrogens with zero attached hydrogens (tertiary/aromatic N) is 2. The van der Waals surface area contributed by atoms with Crippen molar-refractivity contribution >= 4 is 17.6 Å². The monoisotopic (exact) mass is 265 g/mol. The van der Waals surface area contributed by atoms with Gasteiger partial charge in [0.15, 0.2) is 0 Å². The van der Waals surface area contributed by atoms with Gasteiger partial charge in [-0.3, -0.25) is 0 Å². The van der Waals surface area contributed by atoms with Gasteiger partial charge in [-0.05, 0) is 26.5 Å². The smallest absolute Gasteiger partial charge is 0.133 e. The molecule has 0 bridgehead atoms. The van der Waals surface area contributed by atoms with Gasteiger partial charge in [0.25, 0.3) is 0 Å². The first-order valence-corrected chi connectivity index (χ1v) is 7.92. The summed E-state index contributed by atoms with van der Waals surface area (Å²) < 4.78 is 0. The van der Waals surface area contributed by atoms with Crippen molar-refractivity contribution in [2.45, 2.75) is 32.9 Å². The molecule has 18 heavy (non-hydrogen) atoms. The number of nitrogens with one attached hydrogen (secondary N) is 1. The van der Waals surface area contributed by atoms with Crippen molar-refractivity contribution in [3.8, 4) is 0 Å². The SMILES string of the molecule is CCNC(C)c1cccnc1N1CCSCC1C. The Hall–Kier alpha value is -0.740. The van der Waals surface area contributed by atoms with Gasteiger partial charge in [-0.25, -0.2) is 4.98 Å². The van der Waals surface area contributed by atoms with E-state index in [0.29, 0.717) is 12.1 Å². The van der Waals surface area contributed by atoms with Gasteiger partial charge in [0.05, 0.1) is 0 Å². The summed E-state index contributed by atoms with van der Waals surface area (Å²) in [5.41, 5.74) is 1.32. The maximum absolute atomic E-state index is 4.63. The largest absolute Gasteiger partial charge is 0.352 e. The van der Waals surface area contributed by atoms with Crippen molar-refractivity contribution in [2.24, 2.45) is 0 Å². The van der Waals surface area contributed by atoms with Crippen molar-refractivity contribution in [1.82, 2.24) is 10.3 Å². The third-order valence-electron chi connectivity index (χ3n) is 3.43. The Labute approximate surface area is 114 Å². The molecule has 0 saturated carbocycles. The zero-order valence-corrected chi connectivity index (χ0v) is 12.3. The molecule has 3 nitrogen and oxygen atoms in total. The van der Waals surface area contributed by atoms with Crippen LogP contribution in [0.3, 0.4) is 0 Å². The van der Waals surface area contributed by atoms with E-state index >= 15 is 0 Å². The van der Waals surface area contributed by atoms with E-state index in [9.17, 15) is 0 Å². The van der Waals surface area contributed by atoms with Crippen LogP contribution in [0.4, 0.5) is 5.82 Å². The first-order chi connectivity index (χ1) is 8.74. The molecule has 1 fully saturated rings. The lowest BCUT2D eigenvalue weighted by atomic mass is 10.1. The lowest BCUT2D eigenvalue weighted by Gasteiger charge is -2.36. The van der Waals surface area contributed by atoms with Crippen molar-refractivity contribution in [3.63, 3.8) is 0 Å². The second-order valence-electron chi connectivity index (χ2n) is 4.81. The average Bonchev–Trinajstić information content (AvgIpc) is 2.40. The molecule has 2 rings (SSSR count). The molecule has 0 aliphatic carbocycles. The van der Waals surface area contributed by atoms with Crippen molar-refractivity contribution in [2.75, 3.05) is 29.5 Å². The van der Waals surface area contributed by atoms with Crippen molar-refractivity contribution < 1.29 is 0 Å². The molecule has 1 aromatic rings. The van der Waals surface area contributed by atoms with Gasteiger partial charge in [0.1, 0.15) is 5.82 Å². The molecule has 2 atom stereocenters. The molecule has 1 aliphatic heterocycles. The minimum atomic E-state index is 0.362. The quantitative estimate of drug-likeness (QED) is 0.906. The van der Waals surface area contributed by atoms with Crippen LogP contribution in [0.2, 0.25) is 0 Å². The zero-order chi connectivity index (χ0) is 13.0. The minimum Gasteiger partial charge on any atom is -0.352 e. The summed E-state index contributed by atoms with van der Waals surface area (Å²) in [6.07, 6.45) is 1.91. The summed E-state index contributed by atoms with van der Waals surface area (Å²) >= 11 is 2.04. The van der Waals surface area contributed by atoms with Crippen molar-refractivity contribution in [3.05, 3.63) is 23.9 Å². The van der Waals surface area contributed by atoms with Crippen LogP contribution in [0.5, 0.6) is 0 Å². The molecule has 1 saturated heterocycles. The van der Waals surface area contributed by atoms with Crippen LogP contribution in [-0.4, -0.2) is 35.6 Å². The number of hydrogen-bond donors (Lipinski definition) is 1. The van der Waals surface area contributed by atoms with Crippen LogP contribution in [0.15, 0.2) is 18.3 Å². The minimum absolute atomic E-state index is 0.362. The van der Waals surface area contributed by atoms with E-state index in [1.165, 1.54) is 22.9 Å². The molecule has 2 unspecified atom stereocenters. The summed E-state index contributed by atoms with van der Waals surface area (Å²) in [5, 5.41) is 3.48. The molecule has 1 aliphatic rings. The van der Waals surface area contributed by atoms with Crippen LogP contribution in [-0.2, 0) is 0 Å². The summed E-state index contributed by atoms with van der Waals surface area (Å²) in [5.74, 6) is 3.57. The zero-order valence-electron chi connectivity index (χ0n) is 11.5. The number of anilines is 1. The van der Waals surface area contributed by atoms with Crippen LogP contribution in [0.25, 0.3) is 0 Å². The number of pyridine rings is 1. The molecule has 2 heterocycles. The topological polar surface area (TPSA) is 28.2 Å². The highest BCUT2D eigenvalue weighted by Crippen LogP contribution is 2.28. The molecule has 1 N–H and O–H groups in total. The van der Waals surface area contributed by atoms with E-state index in [2.05, 4.69) is 42.0 Å². The fraction of sp³-hybridized carbons (Fsp3) is 0.643. The molecule has 0 aromatic carbocycles. The number of thioether (sulfide) groups is 1. The average molecular weight is 265 g/mol. The Balaban J connectivity index is 2.25. The second-order valence-corrected chi connectivity index (χ2v) is 5.96. The molecule has 100 valence electrons. The highest BCUT2D eigenvalue weighted by molar-refractivity contribution is 7.99. The van der Waals surface area contributed by atoms with Gasteiger partial charge < -0.3 is 10.2 Å². The Bertz CT molecular complexity index is 383. The molecule has 1 aromatic heterocycles. The van der Waals surface area contributed by atoms with E-state index < -0.39 is 0 Å². The summed E-state index contributed by atoms with van der Waals surface area (Å²) in [6.45, 7) is 8.75. The summed E-state index contributed by atoms with van der Waals surface area (Å²) in [7, 11) is 0. The highest BCUT2D eigenvalue weighted by atomic mass is 32.2. The van der Waals surface area contributed by atoms with Gasteiger partial charge in [0, 0.05) is 41.9 Å². The third kappa shape index (κ3) is 2.98.